The van der Waals surface area contributed by atoms with Crippen LogP contribution in [0.1, 0.15) is 42.6 Å². The summed E-state index contributed by atoms with van der Waals surface area (Å²) in [6.07, 6.45) is 2.88. The van der Waals surface area contributed by atoms with Crippen molar-refractivity contribution in [3.63, 3.8) is 0 Å². The summed E-state index contributed by atoms with van der Waals surface area (Å²) in [4.78, 5) is 24.6. The summed E-state index contributed by atoms with van der Waals surface area (Å²) in [5.74, 6) is -1.09. The molecular formula is C23H30FN3O4S2. The first-order chi connectivity index (χ1) is 15.7. The van der Waals surface area contributed by atoms with Gasteiger partial charge in [0.05, 0.1) is 0 Å². The van der Waals surface area contributed by atoms with Crippen LogP contribution in [-0.2, 0) is 21.4 Å². The van der Waals surface area contributed by atoms with Crippen LogP contribution in [0.3, 0.4) is 0 Å². The van der Waals surface area contributed by atoms with Gasteiger partial charge in [-0.3, -0.25) is 9.59 Å². The summed E-state index contributed by atoms with van der Waals surface area (Å²) in [6, 6.07) is 10.8. The van der Waals surface area contributed by atoms with E-state index in [0.29, 0.717) is 16.9 Å². The number of thioether (sulfide) groups is 1. The average molecular weight is 496 g/mol. The SMILES string of the molecule is CCC(C)NC(=O)c1cccc(CNC(=O)C(CCSC)NS(=O)(=O)c2ccccc2F)c1. The second kappa shape index (κ2) is 12.7. The molecule has 0 aliphatic rings. The molecule has 3 N–H and O–H groups in total. The zero-order chi connectivity index (χ0) is 24.4. The van der Waals surface area contributed by atoms with E-state index in [1.54, 1.807) is 24.3 Å². The van der Waals surface area contributed by atoms with E-state index in [0.717, 1.165) is 18.6 Å². The van der Waals surface area contributed by atoms with Crippen LogP contribution < -0.4 is 15.4 Å². The molecule has 0 saturated carbocycles. The zero-order valence-electron chi connectivity index (χ0n) is 18.9. The monoisotopic (exact) mass is 495 g/mol. The quantitative estimate of drug-likeness (QED) is 0.420. The highest BCUT2D eigenvalue weighted by atomic mass is 32.2. The lowest BCUT2D eigenvalue weighted by Crippen LogP contribution is -2.47. The first kappa shape index (κ1) is 26.8. The van der Waals surface area contributed by atoms with Gasteiger partial charge >= 0.3 is 0 Å². The summed E-state index contributed by atoms with van der Waals surface area (Å²) in [5.41, 5.74) is 1.17. The van der Waals surface area contributed by atoms with Crippen LogP contribution in [-0.4, -0.2) is 44.3 Å². The standard InChI is InChI=1S/C23H30FN3O4S2/c1-4-16(2)26-22(28)18-9-7-8-17(14-18)15-25-23(29)20(12-13-32-3)27-33(30,31)21-11-6-5-10-19(21)24/h5-11,14,16,20,27H,4,12-13,15H2,1-3H3,(H,25,29)(H,26,28). The number of halogens is 1. The molecule has 0 aliphatic heterocycles. The maximum atomic E-state index is 14.0. The lowest BCUT2D eigenvalue weighted by molar-refractivity contribution is -0.122. The molecule has 2 aromatic carbocycles. The van der Waals surface area contributed by atoms with Crippen molar-refractivity contribution in [2.24, 2.45) is 0 Å². The number of nitrogens with one attached hydrogen (secondary N) is 3. The number of hydrogen-bond acceptors (Lipinski definition) is 5. The molecule has 2 amide bonds. The predicted molar refractivity (Wildman–Crippen MR) is 129 cm³/mol. The predicted octanol–water partition coefficient (Wildman–Crippen LogP) is 3.07. The van der Waals surface area contributed by atoms with Gasteiger partial charge in [0.1, 0.15) is 16.8 Å². The van der Waals surface area contributed by atoms with E-state index in [9.17, 15) is 22.4 Å². The molecule has 0 saturated heterocycles. The van der Waals surface area contributed by atoms with Gasteiger partial charge in [0, 0.05) is 18.2 Å². The van der Waals surface area contributed by atoms with E-state index < -0.39 is 32.7 Å². The van der Waals surface area contributed by atoms with E-state index >= 15 is 0 Å². The number of rotatable bonds is 12. The van der Waals surface area contributed by atoms with Gasteiger partial charge in [0.15, 0.2) is 0 Å². The molecule has 7 nitrogen and oxygen atoms in total. The number of carbonyl (C=O) groups is 2. The zero-order valence-corrected chi connectivity index (χ0v) is 20.6. The fourth-order valence-corrected chi connectivity index (χ4v) is 4.72. The van der Waals surface area contributed by atoms with Crippen LogP contribution >= 0.6 is 11.8 Å². The number of carbonyl (C=O) groups excluding carboxylic acids is 2. The van der Waals surface area contributed by atoms with Gasteiger partial charge in [-0.1, -0.05) is 31.2 Å². The van der Waals surface area contributed by atoms with E-state index in [4.69, 9.17) is 0 Å². The van der Waals surface area contributed by atoms with Crippen molar-refractivity contribution in [1.29, 1.82) is 0 Å². The van der Waals surface area contributed by atoms with Crippen molar-refractivity contribution in [2.75, 3.05) is 12.0 Å². The number of hydrogen-bond donors (Lipinski definition) is 3. The van der Waals surface area contributed by atoms with Gasteiger partial charge in [-0.05, 0) is 61.6 Å². The minimum Gasteiger partial charge on any atom is -0.351 e. The minimum absolute atomic E-state index is 0.0422. The van der Waals surface area contributed by atoms with Crippen molar-refractivity contribution in [3.05, 3.63) is 65.5 Å². The lowest BCUT2D eigenvalue weighted by atomic mass is 10.1. The normalized spacial score (nSPS) is 13.2. The second-order valence-corrected chi connectivity index (χ2v) is 10.3. The minimum atomic E-state index is -4.23. The molecule has 2 rings (SSSR count). The molecule has 0 heterocycles. The largest absolute Gasteiger partial charge is 0.351 e. The fourth-order valence-electron chi connectivity index (χ4n) is 2.94. The highest BCUT2D eigenvalue weighted by Crippen LogP contribution is 2.15. The van der Waals surface area contributed by atoms with Gasteiger partial charge < -0.3 is 10.6 Å². The van der Waals surface area contributed by atoms with E-state index in [1.807, 2.05) is 20.1 Å². The molecule has 0 fully saturated rings. The van der Waals surface area contributed by atoms with Gasteiger partial charge in [0.25, 0.3) is 5.91 Å². The molecule has 33 heavy (non-hydrogen) atoms. The molecule has 2 aromatic rings. The molecule has 0 aromatic heterocycles. The lowest BCUT2D eigenvalue weighted by Gasteiger charge is -2.19. The topological polar surface area (TPSA) is 104 Å². The maximum Gasteiger partial charge on any atom is 0.251 e. The first-order valence-electron chi connectivity index (χ1n) is 10.6. The highest BCUT2D eigenvalue weighted by molar-refractivity contribution is 7.98. The Morgan fingerprint density at radius 3 is 2.52 bits per heavy atom. The van der Waals surface area contributed by atoms with Crippen LogP contribution in [0.15, 0.2) is 53.4 Å². The van der Waals surface area contributed by atoms with Gasteiger partial charge in [-0.15, -0.1) is 0 Å². The third kappa shape index (κ3) is 8.13. The summed E-state index contributed by atoms with van der Waals surface area (Å²) in [5, 5.41) is 5.60. The van der Waals surface area contributed by atoms with Crippen molar-refractivity contribution in [3.8, 4) is 0 Å². The Hall–Kier alpha value is -2.43. The summed E-state index contributed by atoms with van der Waals surface area (Å²) in [6.45, 7) is 4.00. The summed E-state index contributed by atoms with van der Waals surface area (Å²) >= 11 is 1.47. The summed E-state index contributed by atoms with van der Waals surface area (Å²) in [7, 11) is -4.23. The van der Waals surface area contributed by atoms with E-state index in [1.165, 1.54) is 23.9 Å². The smallest absolute Gasteiger partial charge is 0.251 e. The van der Waals surface area contributed by atoms with E-state index in [2.05, 4.69) is 15.4 Å². The molecule has 0 spiro atoms. The van der Waals surface area contributed by atoms with Crippen molar-refractivity contribution >= 4 is 33.6 Å². The van der Waals surface area contributed by atoms with Crippen LogP contribution in [0.25, 0.3) is 0 Å². The first-order valence-corrected chi connectivity index (χ1v) is 13.5. The molecule has 10 heteroatoms. The van der Waals surface area contributed by atoms with Crippen LogP contribution in [0, 0.1) is 5.82 Å². The Morgan fingerprint density at radius 2 is 1.85 bits per heavy atom. The van der Waals surface area contributed by atoms with Gasteiger partial charge in [-0.25, -0.2) is 12.8 Å². The Balaban J connectivity index is 2.09. The molecule has 0 aliphatic carbocycles. The molecule has 180 valence electrons. The second-order valence-electron chi connectivity index (χ2n) is 7.59. The Morgan fingerprint density at radius 1 is 1.12 bits per heavy atom. The highest BCUT2D eigenvalue weighted by Gasteiger charge is 2.27. The number of benzene rings is 2. The van der Waals surface area contributed by atoms with Crippen LogP contribution in [0.4, 0.5) is 4.39 Å². The maximum absolute atomic E-state index is 14.0. The van der Waals surface area contributed by atoms with Gasteiger partial charge in [-0.2, -0.15) is 16.5 Å². The number of sulfonamides is 1. The van der Waals surface area contributed by atoms with Crippen LogP contribution in [0.2, 0.25) is 0 Å². The van der Waals surface area contributed by atoms with E-state index in [-0.39, 0.29) is 24.9 Å². The molecule has 2 unspecified atom stereocenters. The summed E-state index contributed by atoms with van der Waals surface area (Å²) < 4.78 is 41.6. The molecule has 2 atom stereocenters. The third-order valence-corrected chi connectivity index (χ3v) is 7.15. The van der Waals surface area contributed by atoms with Crippen molar-refractivity contribution in [1.82, 2.24) is 15.4 Å². The molecule has 0 radical (unpaired) electrons. The Bertz CT molecular complexity index is 1060. The van der Waals surface area contributed by atoms with Crippen LogP contribution in [0.5, 0.6) is 0 Å². The van der Waals surface area contributed by atoms with Crippen molar-refractivity contribution < 1.29 is 22.4 Å². The Labute approximate surface area is 199 Å². The molecule has 0 bridgehead atoms. The Kier molecular flexibility index (Phi) is 10.3. The average Bonchev–Trinajstić information content (AvgIpc) is 2.80. The third-order valence-electron chi connectivity index (χ3n) is 5.00. The van der Waals surface area contributed by atoms with Crippen molar-refractivity contribution in [2.45, 2.75) is 50.2 Å². The molecular weight excluding hydrogens is 465 g/mol. The fraction of sp³-hybridized carbons (Fsp3) is 0.391. The number of amides is 2. The van der Waals surface area contributed by atoms with Gasteiger partial charge in [0.2, 0.25) is 15.9 Å².